The molecule has 0 radical (unpaired) electrons. The average Bonchev–Trinajstić information content (AvgIpc) is 2.69. The van der Waals surface area contributed by atoms with Gasteiger partial charge in [-0.1, -0.05) is 11.3 Å². The number of carbonyl (C=O) groups excluding carboxylic acids is 1. The van der Waals surface area contributed by atoms with Crippen LogP contribution in [-0.4, -0.2) is 23.6 Å². The zero-order valence-electron chi connectivity index (χ0n) is 10.7. The number of anilines is 1. The van der Waals surface area contributed by atoms with Crippen LogP contribution in [0.5, 0.6) is 0 Å². The van der Waals surface area contributed by atoms with E-state index in [1.807, 2.05) is 12.1 Å². The molecule has 2 aromatic heterocycles. The number of nitrogens with one attached hydrogen (secondary N) is 1. The van der Waals surface area contributed by atoms with Crippen molar-refractivity contribution in [1.29, 1.82) is 0 Å². The molecule has 0 aliphatic rings. The van der Waals surface area contributed by atoms with Crippen LogP contribution in [0.3, 0.4) is 0 Å². The van der Waals surface area contributed by atoms with Gasteiger partial charge in [0.1, 0.15) is 4.83 Å². The second-order valence-corrected chi connectivity index (χ2v) is 5.28. The smallest absolute Gasteiger partial charge is 0.339 e. The molecule has 96 valence electrons. The number of thiophene rings is 1. The highest BCUT2D eigenvalue weighted by molar-refractivity contribution is 7.22. The van der Waals surface area contributed by atoms with Crippen molar-refractivity contribution in [3.8, 4) is 0 Å². The fourth-order valence-electron chi connectivity index (χ4n) is 1.61. The standard InChI is InChI=1S/C13H16N2O2S/c1-4-17-13(16)10-5-9-6-11(15-8(2)3)18-12(9)14-7-10/h5-8,15H,4H2,1-3H3. The minimum absolute atomic E-state index is 0.323. The molecule has 0 unspecified atom stereocenters. The summed E-state index contributed by atoms with van der Waals surface area (Å²) >= 11 is 1.59. The van der Waals surface area contributed by atoms with Gasteiger partial charge in [0.25, 0.3) is 0 Å². The lowest BCUT2D eigenvalue weighted by Gasteiger charge is -2.04. The number of nitrogens with zero attached hydrogens (tertiary/aromatic N) is 1. The van der Waals surface area contributed by atoms with Crippen LogP contribution in [-0.2, 0) is 4.74 Å². The Kier molecular flexibility index (Phi) is 3.81. The van der Waals surface area contributed by atoms with Gasteiger partial charge in [-0.25, -0.2) is 9.78 Å². The predicted molar refractivity (Wildman–Crippen MR) is 74.3 cm³/mol. The molecule has 4 nitrogen and oxygen atoms in total. The topological polar surface area (TPSA) is 51.2 Å². The van der Waals surface area contributed by atoms with Gasteiger partial charge in [-0.2, -0.15) is 0 Å². The Morgan fingerprint density at radius 2 is 2.28 bits per heavy atom. The summed E-state index contributed by atoms with van der Waals surface area (Å²) in [4.78, 5) is 16.8. The van der Waals surface area contributed by atoms with Gasteiger partial charge >= 0.3 is 5.97 Å². The van der Waals surface area contributed by atoms with E-state index in [4.69, 9.17) is 4.74 Å². The monoisotopic (exact) mass is 264 g/mol. The lowest BCUT2D eigenvalue weighted by atomic mass is 10.2. The molecule has 5 heteroatoms. The number of hydrogen-bond acceptors (Lipinski definition) is 5. The number of aromatic nitrogens is 1. The van der Waals surface area contributed by atoms with E-state index in [-0.39, 0.29) is 5.97 Å². The van der Waals surface area contributed by atoms with E-state index in [1.54, 1.807) is 24.5 Å². The largest absolute Gasteiger partial charge is 0.462 e. The van der Waals surface area contributed by atoms with Gasteiger partial charge in [-0.3, -0.25) is 0 Å². The summed E-state index contributed by atoms with van der Waals surface area (Å²) in [6, 6.07) is 4.21. The van der Waals surface area contributed by atoms with Crippen molar-refractivity contribution in [2.24, 2.45) is 0 Å². The molecule has 0 amide bonds. The number of fused-ring (bicyclic) bond motifs is 1. The molecule has 0 aromatic carbocycles. The maximum absolute atomic E-state index is 11.6. The number of carbonyl (C=O) groups is 1. The average molecular weight is 264 g/mol. The molecular weight excluding hydrogens is 248 g/mol. The Labute approximate surface area is 110 Å². The summed E-state index contributed by atoms with van der Waals surface area (Å²) in [7, 11) is 0. The first-order valence-electron chi connectivity index (χ1n) is 5.93. The number of rotatable bonds is 4. The second-order valence-electron chi connectivity index (χ2n) is 4.25. The lowest BCUT2D eigenvalue weighted by molar-refractivity contribution is 0.0526. The van der Waals surface area contributed by atoms with Crippen LogP contribution < -0.4 is 5.32 Å². The maximum atomic E-state index is 11.6. The van der Waals surface area contributed by atoms with Gasteiger partial charge in [0.05, 0.1) is 17.2 Å². The molecule has 0 aliphatic carbocycles. The molecule has 0 saturated heterocycles. The Balaban J connectivity index is 2.30. The molecule has 2 heterocycles. The van der Waals surface area contributed by atoms with Crippen LogP contribution >= 0.6 is 11.3 Å². The summed E-state index contributed by atoms with van der Waals surface area (Å²) in [6.07, 6.45) is 1.57. The number of esters is 1. The van der Waals surface area contributed by atoms with E-state index in [1.165, 1.54) is 0 Å². The van der Waals surface area contributed by atoms with Gasteiger partial charge in [0.2, 0.25) is 0 Å². The van der Waals surface area contributed by atoms with Crippen LogP contribution in [0.1, 0.15) is 31.1 Å². The number of pyridine rings is 1. The van der Waals surface area contributed by atoms with Crippen LogP contribution in [0.2, 0.25) is 0 Å². The summed E-state index contributed by atoms with van der Waals surface area (Å²) in [5.41, 5.74) is 0.498. The van der Waals surface area contributed by atoms with E-state index in [0.717, 1.165) is 15.2 Å². The van der Waals surface area contributed by atoms with E-state index >= 15 is 0 Å². The molecule has 0 bridgehead atoms. The van der Waals surface area contributed by atoms with Crippen molar-refractivity contribution in [2.75, 3.05) is 11.9 Å². The molecule has 0 saturated carbocycles. The maximum Gasteiger partial charge on any atom is 0.339 e. The summed E-state index contributed by atoms with van der Waals surface area (Å²) in [5, 5.41) is 5.36. The van der Waals surface area contributed by atoms with Crippen LogP contribution in [0, 0.1) is 0 Å². The highest BCUT2D eigenvalue weighted by atomic mass is 32.1. The fourth-order valence-corrected chi connectivity index (χ4v) is 2.64. The van der Waals surface area contributed by atoms with Gasteiger partial charge in [-0.15, -0.1) is 0 Å². The van der Waals surface area contributed by atoms with Crippen LogP contribution in [0.15, 0.2) is 18.3 Å². The fraction of sp³-hybridized carbons (Fsp3) is 0.385. The molecule has 2 rings (SSSR count). The van der Waals surface area contributed by atoms with Gasteiger partial charge in [-0.05, 0) is 32.9 Å². The van der Waals surface area contributed by atoms with E-state index in [2.05, 4.69) is 24.1 Å². The van der Waals surface area contributed by atoms with Crippen molar-refractivity contribution < 1.29 is 9.53 Å². The normalized spacial score (nSPS) is 10.9. The van der Waals surface area contributed by atoms with Crippen LogP contribution in [0.4, 0.5) is 5.00 Å². The molecule has 1 N–H and O–H groups in total. The van der Waals surface area contributed by atoms with Crippen molar-refractivity contribution in [2.45, 2.75) is 26.8 Å². The summed E-state index contributed by atoms with van der Waals surface area (Å²) in [5.74, 6) is -0.323. The van der Waals surface area contributed by atoms with Gasteiger partial charge in [0, 0.05) is 17.6 Å². The molecule has 0 fully saturated rings. The summed E-state index contributed by atoms with van der Waals surface area (Å²) < 4.78 is 4.96. The summed E-state index contributed by atoms with van der Waals surface area (Å²) in [6.45, 7) is 6.34. The van der Waals surface area contributed by atoms with E-state index in [0.29, 0.717) is 18.2 Å². The Morgan fingerprint density at radius 1 is 1.50 bits per heavy atom. The van der Waals surface area contributed by atoms with E-state index < -0.39 is 0 Å². The third-order valence-electron chi connectivity index (χ3n) is 2.31. The van der Waals surface area contributed by atoms with Crippen molar-refractivity contribution in [3.05, 3.63) is 23.9 Å². The Hall–Kier alpha value is -1.62. The van der Waals surface area contributed by atoms with E-state index in [9.17, 15) is 4.79 Å². The molecule has 0 aliphatic heterocycles. The SMILES string of the molecule is CCOC(=O)c1cnc2sc(NC(C)C)cc2c1. The first-order valence-corrected chi connectivity index (χ1v) is 6.75. The number of hydrogen-bond donors (Lipinski definition) is 1. The van der Waals surface area contributed by atoms with Crippen LogP contribution in [0.25, 0.3) is 10.2 Å². The predicted octanol–water partition coefficient (Wildman–Crippen LogP) is 3.29. The first-order chi connectivity index (χ1) is 8.60. The molecule has 18 heavy (non-hydrogen) atoms. The lowest BCUT2D eigenvalue weighted by Crippen LogP contribution is -2.07. The molecule has 0 spiro atoms. The minimum Gasteiger partial charge on any atom is -0.462 e. The van der Waals surface area contributed by atoms with Crippen molar-refractivity contribution in [3.63, 3.8) is 0 Å². The third-order valence-corrected chi connectivity index (χ3v) is 3.30. The highest BCUT2D eigenvalue weighted by Crippen LogP contribution is 2.29. The molecular formula is C13H16N2O2S. The van der Waals surface area contributed by atoms with Crippen molar-refractivity contribution in [1.82, 2.24) is 4.98 Å². The van der Waals surface area contributed by atoms with Gasteiger partial charge in [0.15, 0.2) is 0 Å². The van der Waals surface area contributed by atoms with Gasteiger partial charge < -0.3 is 10.1 Å². The zero-order valence-corrected chi connectivity index (χ0v) is 11.5. The molecule has 2 aromatic rings. The van der Waals surface area contributed by atoms with Crippen molar-refractivity contribution >= 4 is 32.5 Å². The first kappa shape index (κ1) is 12.8. The zero-order chi connectivity index (χ0) is 13.1. The Bertz CT molecular complexity index is 563. The number of ether oxygens (including phenoxy) is 1. The highest BCUT2D eigenvalue weighted by Gasteiger charge is 2.10. The quantitative estimate of drug-likeness (QED) is 0.861. The molecule has 0 atom stereocenters. The second kappa shape index (κ2) is 5.35. The third kappa shape index (κ3) is 2.79. The Morgan fingerprint density at radius 3 is 2.94 bits per heavy atom. The minimum atomic E-state index is -0.323.